The van der Waals surface area contributed by atoms with Crippen LogP contribution in [0.3, 0.4) is 0 Å². The summed E-state index contributed by atoms with van der Waals surface area (Å²) in [6.45, 7) is 0.0504. The van der Waals surface area contributed by atoms with Crippen molar-refractivity contribution in [2.75, 3.05) is 10.7 Å². The molecule has 102 valence electrons. The Morgan fingerprint density at radius 2 is 2.11 bits per heavy atom. The summed E-state index contributed by atoms with van der Waals surface area (Å²) in [4.78, 5) is 10.6. The summed E-state index contributed by atoms with van der Waals surface area (Å²) in [6.07, 6.45) is -3.50. The molecule has 2 aromatic rings. The van der Waals surface area contributed by atoms with Crippen molar-refractivity contribution in [3.8, 4) is 0 Å². The molecule has 0 aliphatic rings. The molecular weight excluding hydrogens is 267 g/mol. The monoisotopic (exact) mass is 275 g/mol. The molecule has 8 nitrogen and oxygen atoms in total. The zero-order valence-electron chi connectivity index (χ0n) is 9.27. The Morgan fingerprint density at radius 1 is 1.32 bits per heavy atom. The number of halogens is 3. The number of anilines is 2. The SMILES string of the molecule is NNc1nc(NCc2ncon2)cc(C(F)(F)F)n1. The van der Waals surface area contributed by atoms with Crippen LogP contribution in [0.25, 0.3) is 0 Å². The summed E-state index contributed by atoms with van der Waals surface area (Å²) >= 11 is 0. The second-order valence-electron chi connectivity index (χ2n) is 3.31. The van der Waals surface area contributed by atoms with Crippen molar-refractivity contribution in [2.45, 2.75) is 12.7 Å². The molecule has 0 bridgehead atoms. The number of aromatic nitrogens is 4. The fourth-order valence-electron chi connectivity index (χ4n) is 1.19. The van der Waals surface area contributed by atoms with Gasteiger partial charge < -0.3 is 9.84 Å². The number of alkyl halides is 3. The van der Waals surface area contributed by atoms with Gasteiger partial charge in [0.1, 0.15) is 5.82 Å². The summed E-state index contributed by atoms with van der Waals surface area (Å²) in [6, 6.07) is 0.751. The lowest BCUT2D eigenvalue weighted by molar-refractivity contribution is -0.141. The Labute approximate surface area is 104 Å². The molecule has 4 N–H and O–H groups in total. The van der Waals surface area contributed by atoms with Gasteiger partial charge in [0.2, 0.25) is 12.3 Å². The molecule has 0 saturated carbocycles. The van der Waals surface area contributed by atoms with Crippen molar-refractivity contribution in [3.63, 3.8) is 0 Å². The van der Waals surface area contributed by atoms with Crippen LogP contribution in [0.2, 0.25) is 0 Å². The van der Waals surface area contributed by atoms with Crippen LogP contribution in [0, 0.1) is 0 Å². The van der Waals surface area contributed by atoms with E-state index < -0.39 is 11.9 Å². The van der Waals surface area contributed by atoms with Gasteiger partial charge in [-0.2, -0.15) is 23.1 Å². The van der Waals surface area contributed by atoms with E-state index in [1.54, 1.807) is 0 Å². The maximum atomic E-state index is 12.6. The minimum atomic E-state index is -4.60. The summed E-state index contributed by atoms with van der Waals surface area (Å²) in [7, 11) is 0. The Balaban J connectivity index is 2.19. The number of hydrogen-bond donors (Lipinski definition) is 3. The first kappa shape index (κ1) is 13.0. The van der Waals surface area contributed by atoms with E-state index in [1.807, 2.05) is 5.43 Å². The molecule has 0 aliphatic heterocycles. The van der Waals surface area contributed by atoms with E-state index in [9.17, 15) is 13.2 Å². The lowest BCUT2D eigenvalue weighted by Gasteiger charge is -2.10. The Kier molecular flexibility index (Phi) is 3.46. The minimum Gasteiger partial charge on any atom is -0.362 e. The first-order valence-corrected chi connectivity index (χ1v) is 4.91. The predicted octanol–water partition coefficient (Wildman–Crippen LogP) is 0.776. The van der Waals surface area contributed by atoms with Crippen molar-refractivity contribution in [2.24, 2.45) is 5.84 Å². The summed E-state index contributed by atoms with van der Waals surface area (Å²) in [5, 5.41) is 6.09. The average molecular weight is 275 g/mol. The van der Waals surface area contributed by atoms with Gasteiger partial charge in [-0.3, -0.25) is 5.43 Å². The van der Waals surface area contributed by atoms with Gasteiger partial charge in [0, 0.05) is 6.07 Å². The summed E-state index contributed by atoms with van der Waals surface area (Å²) < 4.78 is 42.2. The molecular formula is C8H8F3N7O. The molecule has 0 aromatic carbocycles. The van der Waals surface area contributed by atoms with E-state index in [4.69, 9.17) is 5.84 Å². The van der Waals surface area contributed by atoms with Crippen LogP contribution in [0.1, 0.15) is 11.5 Å². The molecule has 0 atom stereocenters. The zero-order chi connectivity index (χ0) is 13.9. The lowest BCUT2D eigenvalue weighted by atomic mass is 10.3. The molecule has 0 fully saturated rings. The van der Waals surface area contributed by atoms with E-state index in [0.717, 1.165) is 12.5 Å². The number of rotatable bonds is 4. The van der Waals surface area contributed by atoms with Gasteiger partial charge in [-0.1, -0.05) is 5.16 Å². The van der Waals surface area contributed by atoms with Gasteiger partial charge in [-0.05, 0) is 0 Å². The molecule has 0 spiro atoms. The molecule has 0 radical (unpaired) electrons. The molecule has 2 rings (SSSR count). The predicted molar refractivity (Wildman–Crippen MR) is 56.5 cm³/mol. The highest BCUT2D eigenvalue weighted by atomic mass is 19.4. The van der Waals surface area contributed by atoms with Crippen molar-refractivity contribution >= 4 is 11.8 Å². The fourth-order valence-corrected chi connectivity index (χ4v) is 1.19. The number of nitrogen functional groups attached to an aromatic ring is 1. The van der Waals surface area contributed by atoms with Crippen molar-refractivity contribution in [3.05, 3.63) is 24.0 Å². The number of hydrogen-bond acceptors (Lipinski definition) is 8. The third-order valence-electron chi connectivity index (χ3n) is 1.98. The van der Waals surface area contributed by atoms with E-state index >= 15 is 0 Å². The third-order valence-corrected chi connectivity index (χ3v) is 1.98. The lowest BCUT2D eigenvalue weighted by Crippen LogP contribution is -2.17. The first-order valence-electron chi connectivity index (χ1n) is 4.91. The van der Waals surface area contributed by atoms with Crippen molar-refractivity contribution < 1.29 is 17.7 Å². The van der Waals surface area contributed by atoms with E-state index in [1.165, 1.54) is 0 Å². The van der Waals surface area contributed by atoms with Gasteiger partial charge in [-0.15, -0.1) is 0 Å². The quantitative estimate of drug-likeness (QED) is 0.553. The van der Waals surface area contributed by atoms with Crippen LogP contribution in [0.5, 0.6) is 0 Å². The molecule has 19 heavy (non-hydrogen) atoms. The van der Waals surface area contributed by atoms with Crippen molar-refractivity contribution in [1.82, 2.24) is 20.1 Å². The topological polar surface area (TPSA) is 115 Å². The van der Waals surface area contributed by atoms with Crippen LogP contribution < -0.4 is 16.6 Å². The number of hydrazine groups is 1. The number of nitrogens with one attached hydrogen (secondary N) is 2. The Morgan fingerprint density at radius 3 is 2.68 bits per heavy atom. The highest BCUT2D eigenvalue weighted by molar-refractivity contribution is 5.42. The molecule has 0 unspecified atom stereocenters. The molecule has 0 amide bonds. The Bertz CT molecular complexity index is 542. The van der Waals surface area contributed by atoms with E-state index in [-0.39, 0.29) is 24.1 Å². The van der Waals surface area contributed by atoms with Gasteiger partial charge in [-0.25, -0.2) is 10.8 Å². The summed E-state index contributed by atoms with van der Waals surface area (Å²) in [5.74, 6) is 4.86. The number of nitrogens with zero attached hydrogens (tertiary/aromatic N) is 4. The number of nitrogens with two attached hydrogens (primary N) is 1. The third kappa shape index (κ3) is 3.28. The van der Waals surface area contributed by atoms with Gasteiger partial charge in [0.05, 0.1) is 6.54 Å². The molecule has 0 saturated heterocycles. The smallest absolute Gasteiger partial charge is 0.362 e. The maximum Gasteiger partial charge on any atom is 0.433 e. The van der Waals surface area contributed by atoms with Crippen LogP contribution in [0.4, 0.5) is 24.9 Å². The zero-order valence-corrected chi connectivity index (χ0v) is 9.27. The second-order valence-corrected chi connectivity index (χ2v) is 3.31. The average Bonchev–Trinajstić information content (AvgIpc) is 2.88. The maximum absolute atomic E-state index is 12.6. The van der Waals surface area contributed by atoms with Crippen LogP contribution in [-0.4, -0.2) is 20.1 Å². The molecule has 11 heteroatoms. The van der Waals surface area contributed by atoms with Gasteiger partial charge in [0.15, 0.2) is 11.5 Å². The highest BCUT2D eigenvalue weighted by Crippen LogP contribution is 2.29. The largest absolute Gasteiger partial charge is 0.433 e. The fraction of sp³-hybridized carbons (Fsp3) is 0.250. The van der Waals surface area contributed by atoms with Crippen LogP contribution >= 0.6 is 0 Å². The molecule has 2 heterocycles. The van der Waals surface area contributed by atoms with Crippen LogP contribution in [0.15, 0.2) is 17.0 Å². The van der Waals surface area contributed by atoms with Gasteiger partial charge in [0.25, 0.3) is 0 Å². The molecule has 2 aromatic heterocycles. The Hall–Kier alpha value is -2.43. The van der Waals surface area contributed by atoms with E-state index in [2.05, 4.69) is 29.9 Å². The van der Waals surface area contributed by atoms with Crippen LogP contribution in [-0.2, 0) is 12.7 Å². The van der Waals surface area contributed by atoms with E-state index in [0.29, 0.717) is 0 Å². The second kappa shape index (κ2) is 5.06. The normalized spacial score (nSPS) is 11.4. The highest BCUT2D eigenvalue weighted by Gasteiger charge is 2.33. The first-order chi connectivity index (χ1) is 8.99. The molecule has 0 aliphatic carbocycles. The summed E-state index contributed by atoms with van der Waals surface area (Å²) in [5.41, 5.74) is 0.842. The minimum absolute atomic E-state index is 0.0504. The standard InChI is InChI=1S/C8H8F3N7O/c9-8(10,11)4-1-5(16-7(15-4)17-12)13-2-6-14-3-19-18-6/h1,3H,2,12H2,(H2,13,15,16,17). The van der Waals surface area contributed by atoms with Gasteiger partial charge >= 0.3 is 6.18 Å². The van der Waals surface area contributed by atoms with Crippen molar-refractivity contribution in [1.29, 1.82) is 0 Å².